The van der Waals surface area contributed by atoms with Gasteiger partial charge in [-0.05, 0) is 56.2 Å². The maximum absolute atomic E-state index is 12.2. The van der Waals surface area contributed by atoms with Gasteiger partial charge in [-0.15, -0.1) is 24.0 Å². The van der Waals surface area contributed by atoms with Crippen LogP contribution < -0.4 is 15.5 Å². The Hall–Kier alpha value is -0.900. The summed E-state index contributed by atoms with van der Waals surface area (Å²) in [6, 6.07) is 4.60. The number of guanidine groups is 1. The van der Waals surface area contributed by atoms with Crippen molar-refractivity contribution in [2.45, 2.75) is 69.7 Å². The van der Waals surface area contributed by atoms with E-state index in [1.165, 1.54) is 24.8 Å². The number of piperidine rings is 1. The van der Waals surface area contributed by atoms with Crippen molar-refractivity contribution < 1.29 is 4.21 Å². The Bertz CT molecular complexity index is 681. The van der Waals surface area contributed by atoms with Crippen LogP contribution in [0.25, 0.3) is 0 Å². The third-order valence-corrected chi connectivity index (χ3v) is 7.54. The Labute approximate surface area is 195 Å². The molecule has 1 aromatic heterocycles. The van der Waals surface area contributed by atoms with Crippen molar-refractivity contribution in [2.75, 3.05) is 30.8 Å². The Kier molecular flexibility index (Phi) is 10.7. The lowest BCUT2D eigenvalue weighted by atomic mass is 9.95. The third kappa shape index (κ3) is 7.38. The predicted molar refractivity (Wildman–Crippen MR) is 134 cm³/mol. The first-order chi connectivity index (χ1) is 13.7. The Morgan fingerprint density at radius 3 is 2.79 bits per heavy atom. The zero-order valence-corrected chi connectivity index (χ0v) is 20.9. The summed E-state index contributed by atoms with van der Waals surface area (Å²) in [6.07, 6.45) is 10.0. The van der Waals surface area contributed by atoms with Crippen molar-refractivity contribution in [1.29, 1.82) is 0 Å². The molecule has 1 aliphatic carbocycles. The highest BCUT2D eigenvalue weighted by Gasteiger charge is 2.26. The minimum absolute atomic E-state index is 0. The molecule has 0 aromatic carbocycles. The van der Waals surface area contributed by atoms with Gasteiger partial charge in [0.25, 0.3) is 0 Å². The SMILES string of the molecule is CCS(=O)C1CCCC(NC(=NC)NCc2ccnc(N3CCCCC3)c2)C1.I. The van der Waals surface area contributed by atoms with Crippen LogP contribution in [0.3, 0.4) is 0 Å². The first-order valence-electron chi connectivity index (χ1n) is 10.7. The molecule has 3 unspecified atom stereocenters. The van der Waals surface area contributed by atoms with Crippen molar-refractivity contribution >= 4 is 46.6 Å². The van der Waals surface area contributed by atoms with E-state index in [0.717, 1.165) is 62.8 Å². The summed E-state index contributed by atoms with van der Waals surface area (Å²) in [5, 5.41) is 7.30. The molecule has 8 heteroatoms. The number of hydrogen-bond donors (Lipinski definition) is 2. The smallest absolute Gasteiger partial charge is 0.191 e. The van der Waals surface area contributed by atoms with Gasteiger partial charge in [0.15, 0.2) is 5.96 Å². The average Bonchev–Trinajstić information content (AvgIpc) is 2.77. The van der Waals surface area contributed by atoms with E-state index in [4.69, 9.17) is 0 Å². The van der Waals surface area contributed by atoms with E-state index in [9.17, 15) is 4.21 Å². The number of aliphatic imine (C=N–C) groups is 1. The van der Waals surface area contributed by atoms with Gasteiger partial charge in [-0.3, -0.25) is 9.20 Å². The van der Waals surface area contributed by atoms with Crippen molar-refractivity contribution in [1.82, 2.24) is 15.6 Å². The second kappa shape index (κ2) is 12.7. The minimum Gasteiger partial charge on any atom is -0.357 e. The highest BCUT2D eigenvalue weighted by Crippen LogP contribution is 2.23. The van der Waals surface area contributed by atoms with Crippen LogP contribution >= 0.6 is 24.0 Å². The molecule has 3 rings (SSSR count). The predicted octanol–water partition coefficient (Wildman–Crippen LogP) is 3.43. The molecule has 1 aromatic rings. The van der Waals surface area contributed by atoms with Gasteiger partial charge < -0.3 is 15.5 Å². The maximum Gasteiger partial charge on any atom is 0.191 e. The molecule has 1 aliphatic heterocycles. The molecular formula is C21H36IN5OS. The van der Waals surface area contributed by atoms with Crippen LogP contribution in [0.4, 0.5) is 5.82 Å². The molecular weight excluding hydrogens is 497 g/mol. The van der Waals surface area contributed by atoms with Crippen LogP contribution in [0.1, 0.15) is 57.4 Å². The van der Waals surface area contributed by atoms with Gasteiger partial charge in [-0.2, -0.15) is 0 Å². The zero-order valence-electron chi connectivity index (χ0n) is 17.7. The topological polar surface area (TPSA) is 69.6 Å². The van der Waals surface area contributed by atoms with Gasteiger partial charge in [-0.1, -0.05) is 13.3 Å². The second-order valence-corrected chi connectivity index (χ2v) is 9.80. The summed E-state index contributed by atoms with van der Waals surface area (Å²) in [5.74, 6) is 2.66. The normalized spacial score (nSPS) is 23.8. The number of nitrogens with one attached hydrogen (secondary N) is 2. The van der Waals surface area contributed by atoms with Gasteiger partial charge in [0.1, 0.15) is 5.82 Å². The fourth-order valence-electron chi connectivity index (χ4n) is 4.19. The van der Waals surface area contributed by atoms with Gasteiger partial charge in [0.05, 0.1) is 0 Å². The molecule has 164 valence electrons. The molecule has 2 fully saturated rings. The molecule has 0 bridgehead atoms. The molecule has 29 heavy (non-hydrogen) atoms. The van der Waals surface area contributed by atoms with E-state index in [2.05, 4.69) is 37.6 Å². The third-order valence-electron chi connectivity index (χ3n) is 5.80. The molecule has 6 nitrogen and oxygen atoms in total. The molecule has 0 amide bonds. The average molecular weight is 534 g/mol. The van der Waals surface area contributed by atoms with E-state index >= 15 is 0 Å². The highest BCUT2D eigenvalue weighted by molar-refractivity contribution is 14.0. The second-order valence-electron chi connectivity index (χ2n) is 7.80. The van der Waals surface area contributed by atoms with Crippen LogP contribution in [-0.4, -0.2) is 52.3 Å². The van der Waals surface area contributed by atoms with Gasteiger partial charge in [-0.25, -0.2) is 4.98 Å². The number of halogens is 1. The van der Waals surface area contributed by atoms with Crippen molar-refractivity contribution in [3.05, 3.63) is 23.9 Å². The molecule has 1 saturated carbocycles. The fourth-order valence-corrected chi connectivity index (χ4v) is 5.54. The molecule has 2 N–H and O–H groups in total. The Morgan fingerprint density at radius 1 is 1.28 bits per heavy atom. The summed E-state index contributed by atoms with van der Waals surface area (Å²) in [5.41, 5.74) is 1.21. The van der Waals surface area contributed by atoms with Crippen molar-refractivity contribution in [3.8, 4) is 0 Å². The molecule has 2 aliphatic rings. The maximum atomic E-state index is 12.2. The summed E-state index contributed by atoms with van der Waals surface area (Å²) < 4.78 is 12.2. The van der Waals surface area contributed by atoms with E-state index in [1.807, 2.05) is 20.2 Å². The van der Waals surface area contributed by atoms with Crippen LogP contribution in [0, 0.1) is 0 Å². The highest BCUT2D eigenvalue weighted by atomic mass is 127. The van der Waals surface area contributed by atoms with Crippen LogP contribution in [0.2, 0.25) is 0 Å². The number of aromatic nitrogens is 1. The van der Waals surface area contributed by atoms with Gasteiger partial charge in [0.2, 0.25) is 0 Å². The quantitative estimate of drug-likeness (QED) is 0.333. The number of anilines is 1. The standard InChI is InChI=1S/C21H35N5OS.HI/c1-3-28(27)19-9-7-8-18(15-19)25-21(22-2)24-16-17-10-11-23-20(14-17)26-12-5-4-6-13-26;/h10-11,14,18-19H,3-9,12-13,15-16H2,1-2H3,(H2,22,24,25);1H. The summed E-state index contributed by atoms with van der Waals surface area (Å²) in [4.78, 5) is 11.3. The lowest BCUT2D eigenvalue weighted by Crippen LogP contribution is -2.46. The molecule has 2 heterocycles. The largest absolute Gasteiger partial charge is 0.357 e. The fraction of sp³-hybridized carbons (Fsp3) is 0.714. The van der Waals surface area contributed by atoms with E-state index in [-0.39, 0.29) is 24.0 Å². The minimum atomic E-state index is -0.702. The monoisotopic (exact) mass is 533 g/mol. The lowest BCUT2D eigenvalue weighted by molar-refractivity contribution is 0.413. The Morgan fingerprint density at radius 2 is 2.07 bits per heavy atom. The van der Waals surface area contributed by atoms with E-state index < -0.39 is 10.8 Å². The van der Waals surface area contributed by atoms with Gasteiger partial charge >= 0.3 is 0 Å². The number of nitrogens with zero attached hydrogens (tertiary/aromatic N) is 3. The summed E-state index contributed by atoms with van der Waals surface area (Å²) in [6.45, 7) is 4.95. The zero-order chi connectivity index (χ0) is 19.8. The number of rotatable bonds is 6. The van der Waals surface area contributed by atoms with Crippen LogP contribution in [0.5, 0.6) is 0 Å². The molecule has 0 radical (unpaired) electrons. The van der Waals surface area contributed by atoms with E-state index in [0.29, 0.717) is 11.3 Å². The number of hydrogen-bond acceptors (Lipinski definition) is 4. The first-order valence-corrected chi connectivity index (χ1v) is 12.1. The van der Waals surface area contributed by atoms with E-state index in [1.54, 1.807) is 0 Å². The van der Waals surface area contributed by atoms with Gasteiger partial charge in [0, 0.05) is 60.7 Å². The van der Waals surface area contributed by atoms with Crippen molar-refractivity contribution in [3.63, 3.8) is 0 Å². The lowest BCUT2D eigenvalue weighted by Gasteiger charge is -2.30. The molecule has 0 spiro atoms. The number of pyridine rings is 1. The Balaban J connectivity index is 0.00000300. The van der Waals surface area contributed by atoms with Crippen molar-refractivity contribution in [2.24, 2.45) is 4.99 Å². The summed E-state index contributed by atoms with van der Waals surface area (Å²) >= 11 is 0. The first kappa shape index (κ1) is 24.4. The molecule has 3 atom stereocenters. The summed E-state index contributed by atoms with van der Waals surface area (Å²) in [7, 11) is 1.11. The van der Waals surface area contributed by atoms with Crippen LogP contribution in [0.15, 0.2) is 23.3 Å². The molecule has 1 saturated heterocycles. The van der Waals surface area contributed by atoms with Crippen LogP contribution in [-0.2, 0) is 17.3 Å².